The van der Waals surface area contributed by atoms with Crippen LogP contribution >= 0.6 is 27.3 Å². The van der Waals surface area contributed by atoms with Crippen molar-refractivity contribution in [1.29, 1.82) is 0 Å². The van der Waals surface area contributed by atoms with Gasteiger partial charge in [-0.25, -0.2) is 0 Å². The van der Waals surface area contributed by atoms with E-state index in [2.05, 4.69) is 21.1 Å². The lowest BCUT2D eigenvalue weighted by Gasteiger charge is -1.91. The predicted molar refractivity (Wildman–Crippen MR) is 51.9 cm³/mol. The first-order valence-corrected chi connectivity index (χ1v) is 4.90. The minimum absolute atomic E-state index is 0.568. The van der Waals surface area contributed by atoms with Gasteiger partial charge >= 0.3 is 0 Å². The molecular weight excluding hydrogens is 240 g/mol. The lowest BCUT2D eigenvalue weighted by Crippen LogP contribution is -1.82. The number of nitrogens with two attached hydrogens (primary N) is 1. The monoisotopic (exact) mass is 244 g/mol. The number of nitrogen functional groups attached to an aromatic ring is 1. The van der Waals surface area contributed by atoms with Crippen LogP contribution in [-0.4, -0.2) is 5.16 Å². The van der Waals surface area contributed by atoms with Crippen LogP contribution in [0.25, 0.3) is 10.6 Å². The maximum absolute atomic E-state index is 5.63. The zero-order valence-corrected chi connectivity index (χ0v) is 8.35. The first kappa shape index (κ1) is 7.82. The molecule has 0 fully saturated rings. The van der Waals surface area contributed by atoms with E-state index in [-0.39, 0.29) is 0 Å². The van der Waals surface area contributed by atoms with Crippen molar-refractivity contribution < 1.29 is 4.52 Å². The van der Waals surface area contributed by atoms with Crippen LogP contribution in [0.2, 0.25) is 0 Å². The van der Waals surface area contributed by atoms with Gasteiger partial charge in [0.05, 0.1) is 11.1 Å². The lowest BCUT2D eigenvalue weighted by molar-refractivity contribution is 0.433. The van der Waals surface area contributed by atoms with E-state index in [1.165, 1.54) is 6.20 Å². The Kier molecular flexibility index (Phi) is 1.90. The van der Waals surface area contributed by atoms with E-state index in [0.717, 1.165) is 9.35 Å². The number of anilines is 1. The van der Waals surface area contributed by atoms with Crippen molar-refractivity contribution in [2.45, 2.75) is 0 Å². The Hall–Kier alpha value is -0.810. The van der Waals surface area contributed by atoms with Crippen molar-refractivity contribution in [2.75, 3.05) is 5.73 Å². The Bertz CT molecular complexity index is 357. The number of hydrogen-bond donors (Lipinski definition) is 1. The molecule has 5 heteroatoms. The Balaban J connectivity index is 2.57. The number of nitrogens with zero attached hydrogens (tertiary/aromatic N) is 1. The molecule has 0 radical (unpaired) electrons. The highest BCUT2D eigenvalue weighted by molar-refractivity contribution is 9.10. The van der Waals surface area contributed by atoms with Gasteiger partial charge < -0.3 is 10.3 Å². The highest BCUT2D eigenvalue weighted by Crippen LogP contribution is 2.36. The van der Waals surface area contributed by atoms with Gasteiger partial charge in [0.15, 0.2) is 0 Å². The summed E-state index contributed by atoms with van der Waals surface area (Å²) in [4.78, 5) is 0.977. The summed E-state index contributed by atoms with van der Waals surface area (Å²) in [7, 11) is 0. The molecule has 2 aromatic heterocycles. The molecule has 0 atom stereocenters. The van der Waals surface area contributed by atoms with Gasteiger partial charge in [0.2, 0.25) is 5.76 Å². The van der Waals surface area contributed by atoms with E-state index in [4.69, 9.17) is 10.3 Å². The van der Waals surface area contributed by atoms with Gasteiger partial charge in [-0.15, -0.1) is 11.3 Å². The average molecular weight is 245 g/mol. The smallest absolute Gasteiger partial charge is 0.200 e. The highest BCUT2D eigenvalue weighted by Gasteiger charge is 2.12. The molecule has 2 heterocycles. The largest absolute Gasteiger partial charge is 0.394 e. The molecule has 0 aliphatic carbocycles. The number of aromatic nitrogens is 1. The molecule has 0 bridgehead atoms. The molecule has 0 aromatic carbocycles. The third kappa shape index (κ3) is 1.15. The molecule has 12 heavy (non-hydrogen) atoms. The molecule has 0 aliphatic rings. The molecule has 3 nitrogen and oxygen atoms in total. The Labute approximate surface area is 81.3 Å². The lowest BCUT2D eigenvalue weighted by atomic mass is 10.3. The van der Waals surface area contributed by atoms with E-state index in [9.17, 15) is 0 Å². The van der Waals surface area contributed by atoms with Gasteiger partial charge in [-0.05, 0) is 27.4 Å². The summed E-state index contributed by atoms with van der Waals surface area (Å²) in [5.41, 5.74) is 6.20. The molecule has 0 saturated heterocycles. The summed E-state index contributed by atoms with van der Waals surface area (Å²) in [5, 5.41) is 5.56. The van der Waals surface area contributed by atoms with Gasteiger partial charge in [0, 0.05) is 4.47 Å². The van der Waals surface area contributed by atoms with Crippen LogP contribution in [0.15, 0.2) is 26.6 Å². The second-order valence-corrected chi connectivity index (χ2v) is 3.98. The zero-order valence-electron chi connectivity index (χ0n) is 5.95. The topological polar surface area (TPSA) is 52.0 Å². The minimum atomic E-state index is 0.568. The minimum Gasteiger partial charge on any atom is -0.394 e. The van der Waals surface area contributed by atoms with Crippen LogP contribution < -0.4 is 5.73 Å². The van der Waals surface area contributed by atoms with Gasteiger partial charge in [-0.1, -0.05) is 5.16 Å². The molecular formula is C7H5BrN2OS. The van der Waals surface area contributed by atoms with E-state index < -0.39 is 0 Å². The average Bonchev–Trinajstić information content (AvgIpc) is 2.59. The number of rotatable bonds is 1. The number of halogens is 1. The van der Waals surface area contributed by atoms with Crippen LogP contribution in [0, 0.1) is 0 Å². The van der Waals surface area contributed by atoms with E-state index >= 15 is 0 Å². The predicted octanol–water partition coefficient (Wildman–Crippen LogP) is 2.75. The summed E-state index contributed by atoms with van der Waals surface area (Å²) < 4.78 is 5.98. The van der Waals surface area contributed by atoms with Crippen LogP contribution in [0.3, 0.4) is 0 Å². The quantitative estimate of drug-likeness (QED) is 0.840. The molecule has 2 N–H and O–H groups in total. The molecule has 0 spiro atoms. The summed E-state index contributed by atoms with van der Waals surface area (Å²) in [6.07, 6.45) is 1.50. The first-order valence-electron chi connectivity index (χ1n) is 3.22. The second kappa shape index (κ2) is 2.91. The molecule has 2 rings (SSSR count). The molecule has 0 amide bonds. The number of hydrogen-bond acceptors (Lipinski definition) is 4. The van der Waals surface area contributed by atoms with Crippen molar-refractivity contribution in [2.24, 2.45) is 0 Å². The maximum atomic E-state index is 5.63. The molecule has 0 aliphatic heterocycles. The summed E-state index contributed by atoms with van der Waals surface area (Å²) >= 11 is 4.95. The summed E-state index contributed by atoms with van der Waals surface area (Å²) in [6.45, 7) is 0. The standard InChI is InChI=1S/C7H5BrN2OS/c8-4-1-2-12-7(4)6-5(9)3-10-11-6/h1-3H,9H2. The molecule has 0 saturated carbocycles. The Morgan fingerprint density at radius 3 is 2.92 bits per heavy atom. The highest BCUT2D eigenvalue weighted by atomic mass is 79.9. The van der Waals surface area contributed by atoms with Crippen molar-refractivity contribution in [3.63, 3.8) is 0 Å². The van der Waals surface area contributed by atoms with Gasteiger partial charge in [-0.2, -0.15) is 0 Å². The maximum Gasteiger partial charge on any atom is 0.200 e. The molecule has 2 aromatic rings. The summed E-state index contributed by atoms with van der Waals surface area (Å²) in [6, 6.07) is 1.95. The summed E-state index contributed by atoms with van der Waals surface area (Å²) in [5.74, 6) is 0.636. The van der Waals surface area contributed by atoms with Crippen molar-refractivity contribution in [1.82, 2.24) is 5.16 Å². The van der Waals surface area contributed by atoms with Gasteiger partial charge in [0.1, 0.15) is 5.69 Å². The second-order valence-electron chi connectivity index (χ2n) is 2.21. The normalized spacial score (nSPS) is 10.4. The zero-order chi connectivity index (χ0) is 8.55. The van der Waals surface area contributed by atoms with Gasteiger partial charge in [0.25, 0.3) is 0 Å². The fourth-order valence-electron chi connectivity index (χ4n) is 0.875. The van der Waals surface area contributed by atoms with Crippen molar-refractivity contribution in [3.05, 3.63) is 22.1 Å². The third-order valence-corrected chi connectivity index (χ3v) is 3.26. The van der Waals surface area contributed by atoms with E-state index in [1.54, 1.807) is 11.3 Å². The molecule has 62 valence electrons. The van der Waals surface area contributed by atoms with Gasteiger partial charge in [-0.3, -0.25) is 0 Å². The van der Waals surface area contributed by atoms with E-state index in [1.807, 2.05) is 11.4 Å². The molecule has 0 unspecified atom stereocenters. The Morgan fingerprint density at radius 1 is 1.58 bits per heavy atom. The van der Waals surface area contributed by atoms with Crippen LogP contribution in [-0.2, 0) is 0 Å². The number of thiophene rings is 1. The van der Waals surface area contributed by atoms with Crippen molar-refractivity contribution >= 4 is 33.0 Å². The van der Waals surface area contributed by atoms with Crippen LogP contribution in [0.4, 0.5) is 5.69 Å². The third-order valence-electron chi connectivity index (χ3n) is 1.42. The van der Waals surface area contributed by atoms with Crippen molar-refractivity contribution in [3.8, 4) is 10.6 Å². The first-order chi connectivity index (χ1) is 5.79. The van der Waals surface area contributed by atoms with E-state index in [0.29, 0.717) is 11.4 Å². The Morgan fingerprint density at radius 2 is 2.42 bits per heavy atom. The van der Waals surface area contributed by atoms with Crippen LogP contribution in [0.5, 0.6) is 0 Å². The fourth-order valence-corrected chi connectivity index (χ4v) is 2.43. The fraction of sp³-hybridized carbons (Fsp3) is 0. The van der Waals surface area contributed by atoms with Crippen LogP contribution in [0.1, 0.15) is 0 Å². The SMILES string of the molecule is Nc1cnoc1-c1sccc1Br.